The highest BCUT2D eigenvalue weighted by atomic mass is 79.9. The molecule has 0 saturated heterocycles. The van der Waals surface area contributed by atoms with Crippen LogP contribution in [0.15, 0.2) is 53.1 Å². The molecule has 0 saturated carbocycles. The average Bonchev–Trinajstić information content (AvgIpc) is 2.93. The molecule has 0 atom stereocenters. The second-order valence-corrected chi connectivity index (χ2v) is 5.53. The highest BCUT2D eigenvalue weighted by Crippen LogP contribution is 2.27. The fourth-order valence-electron chi connectivity index (χ4n) is 2.17. The van der Waals surface area contributed by atoms with Gasteiger partial charge in [-0.15, -0.1) is 0 Å². The third-order valence-corrected chi connectivity index (χ3v) is 3.92. The van der Waals surface area contributed by atoms with E-state index in [1.165, 1.54) is 12.1 Å². The molecule has 0 fully saturated rings. The van der Waals surface area contributed by atoms with Gasteiger partial charge >= 0.3 is 0 Å². The maximum absolute atomic E-state index is 10.7. The number of hydrogen-bond donors (Lipinski definition) is 2. The molecule has 0 bridgehead atoms. The van der Waals surface area contributed by atoms with Crippen LogP contribution in [0.1, 0.15) is 5.56 Å². The minimum absolute atomic E-state index is 0.0705. The molecule has 0 aliphatic rings. The number of anilines is 1. The molecule has 5 nitrogen and oxygen atoms in total. The smallest absolute Gasteiger partial charge is 0.270 e. The van der Waals surface area contributed by atoms with Crippen molar-refractivity contribution in [2.75, 3.05) is 5.32 Å². The highest BCUT2D eigenvalue weighted by molar-refractivity contribution is 9.10. The zero-order chi connectivity index (χ0) is 14.8. The molecule has 106 valence electrons. The first-order chi connectivity index (χ1) is 10.1. The van der Waals surface area contributed by atoms with Crippen molar-refractivity contribution < 1.29 is 4.92 Å². The standard InChI is InChI=1S/C15H12BrN3O2/c16-13-8-12(19(20)21)2-4-15(13)18-9-10-1-3-14-11(7-10)5-6-17-14/h1-8,17-18H,9H2. The van der Waals surface area contributed by atoms with Crippen LogP contribution in [0.3, 0.4) is 0 Å². The van der Waals surface area contributed by atoms with Gasteiger partial charge in [0.2, 0.25) is 0 Å². The van der Waals surface area contributed by atoms with Crippen LogP contribution in [0.4, 0.5) is 11.4 Å². The van der Waals surface area contributed by atoms with E-state index in [0.717, 1.165) is 22.2 Å². The monoisotopic (exact) mass is 345 g/mol. The SMILES string of the molecule is O=[N+]([O-])c1ccc(NCc2ccc3[nH]ccc3c2)c(Br)c1. The van der Waals surface area contributed by atoms with Crippen molar-refractivity contribution in [1.29, 1.82) is 0 Å². The number of fused-ring (bicyclic) bond motifs is 1. The largest absolute Gasteiger partial charge is 0.380 e. The zero-order valence-corrected chi connectivity index (χ0v) is 12.6. The lowest BCUT2D eigenvalue weighted by Gasteiger charge is -2.08. The number of aromatic nitrogens is 1. The average molecular weight is 346 g/mol. The molecular weight excluding hydrogens is 334 g/mol. The molecule has 3 rings (SSSR count). The molecule has 0 spiro atoms. The van der Waals surface area contributed by atoms with E-state index in [0.29, 0.717) is 11.0 Å². The van der Waals surface area contributed by atoms with Crippen LogP contribution < -0.4 is 5.32 Å². The normalized spacial score (nSPS) is 10.7. The molecule has 2 aromatic carbocycles. The Hall–Kier alpha value is -2.34. The molecule has 0 radical (unpaired) electrons. The summed E-state index contributed by atoms with van der Waals surface area (Å²) >= 11 is 3.35. The summed E-state index contributed by atoms with van der Waals surface area (Å²) in [6, 6.07) is 12.9. The third kappa shape index (κ3) is 2.90. The third-order valence-electron chi connectivity index (χ3n) is 3.26. The van der Waals surface area contributed by atoms with Gasteiger partial charge < -0.3 is 10.3 Å². The van der Waals surface area contributed by atoms with Crippen molar-refractivity contribution in [1.82, 2.24) is 4.98 Å². The molecule has 2 N–H and O–H groups in total. The Labute approximate surface area is 129 Å². The van der Waals surface area contributed by atoms with E-state index >= 15 is 0 Å². The van der Waals surface area contributed by atoms with Gasteiger partial charge in [-0.05, 0) is 51.1 Å². The minimum atomic E-state index is -0.408. The van der Waals surface area contributed by atoms with Gasteiger partial charge in [-0.2, -0.15) is 0 Å². The summed E-state index contributed by atoms with van der Waals surface area (Å²) < 4.78 is 0.680. The molecule has 21 heavy (non-hydrogen) atoms. The topological polar surface area (TPSA) is 71.0 Å². The van der Waals surface area contributed by atoms with E-state index in [2.05, 4.69) is 32.3 Å². The minimum Gasteiger partial charge on any atom is -0.380 e. The Morgan fingerprint density at radius 1 is 1.19 bits per heavy atom. The number of halogens is 1. The molecular formula is C15H12BrN3O2. The lowest BCUT2D eigenvalue weighted by atomic mass is 10.1. The van der Waals surface area contributed by atoms with Gasteiger partial charge in [-0.3, -0.25) is 10.1 Å². The summed E-state index contributed by atoms with van der Waals surface area (Å²) in [5.74, 6) is 0. The number of nitro groups is 1. The molecule has 0 amide bonds. The summed E-state index contributed by atoms with van der Waals surface area (Å²) in [5, 5.41) is 15.1. The second-order valence-electron chi connectivity index (χ2n) is 4.67. The lowest BCUT2D eigenvalue weighted by Crippen LogP contribution is -2.00. The summed E-state index contributed by atoms with van der Waals surface area (Å²) in [5.41, 5.74) is 3.15. The van der Waals surface area contributed by atoms with Crippen LogP contribution in [0, 0.1) is 10.1 Å². The second kappa shape index (κ2) is 5.57. The van der Waals surface area contributed by atoms with E-state index in [9.17, 15) is 10.1 Å². The lowest BCUT2D eigenvalue weighted by molar-refractivity contribution is -0.384. The predicted octanol–water partition coefficient (Wildman–Crippen LogP) is 4.45. The Bertz CT molecular complexity index is 814. The maximum Gasteiger partial charge on any atom is 0.270 e. The van der Waals surface area contributed by atoms with E-state index in [-0.39, 0.29) is 5.69 Å². The summed E-state index contributed by atoms with van der Waals surface area (Å²) in [7, 11) is 0. The van der Waals surface area contributed by atoms with Crippen LogP contribution in [0.2, 0.25) is 0 Å². The van der Waals surface area contributed by atoms with Crippen molar-refractivity contribution in [3.8, 4) is 0 Å². The van der Waals surface area contributed by atoms with Gasteiger partial charge in [-0.1, -0.05) is 6.07 Å². The summed E-state index contributed by atoms with van der Waals surface area (Å²) in [6.45, 7) is 0.650. The molecule has 6 heteroatoms. The number of H-pyrrole nitrogens is 1. The van der Waals surface area contributed by atoms with Crippen LogP contribution in [0.5, 0.6) is 0 Å². The van der Waals surface area contributed by atoms with Gasteiger partial charge in [0.15, 0.2) is 0 Å². The van der Waals surface area contributed by atoms with E-state index in [1.54, 1.807) is 6.07 Å². The number of nitrogens with one attached hydrogen (secondary N) is 2. The van der Waals surface area contributed by atoms with Gasteiger partial charge in [0, 0.05) is 40.6 Å². The molecule has 3 aromatic rings. The van der Waals surface area contributed by atoms with Crippen LogP contribution >= 0.6 is 15.9 Å². The number of rotatable bonds is 4. The quantitative estimate of drug-likeness (QED) is 0.542. The van der Waals surface area contributed by atoms with Crippen LogP contribution in [0.25, 0.3) is 10.9 Å². The van der Waals surface area contributed by atoms with Gasteiger partial charge in [0.1, 0.15) is 0 Å². The van der Waals surface area contributed by atoms with Crippen molar-refractivity contribution in [3.63, 3.8) is 0 Å². The van der Waals surface area contributed by atoms with E-state index < -0.39 is 4.92 Å². The van der Waals surface area contributed by atoms with Gasteiger partial charge in [0.25, 0.3) is 5.69 Å². The van der Waals surface area contributed by atoms with Crippen LogP contribution in [-0.2, 0) is 6.54 Å². The Balaban J connectivity index is 1.76. The molecule has 0 unspecified atom stereocenters. The number of benzene rings is 2. The molecule has 0 aliphatic carbocycles. The van der Waals surface area contributed by atoms with Crippen molar-refractivity contribution in [3.05, 3.63) is 68.8 Å². The van der Waals surface area contributed by atoms with Gasteiger partial charge in [0.05, 0.1) is 4.92 Å². The first kappa shape index (κ1) is 13.6. The Kier molecular flexibility index (Phi) is 3.62. The molecule has 0 aliphatic heterocycles. The van der Waals surface area contributed by atoms with Crippen molar-refractivity contribution >= 4 is 38.2 Å². The van der Waals surface area contributed by atoms with E-state index in [4.69, 9.17) is 0 Å². The first-order valence-corrected chi connectivity index (χ1v) is 7.16. The summed E-state index contributed by atoms with van der Waals surface area (Å²) in [4.78, 5) is 13.5. The van der Waals surface area contributed by atoms with E-state index in [1.807, 2.05) is 24.4 Å². The molecule has 1 heterocycles. The summed E-state index contributed by atoms with van der Waals surface area (Å²) in [6.07, 6.45) is 1.91. The van der Waals surface area contributed by atoms with Crippen molar-refractivity contribution in [2.45, 2.75) is 6.54 Å². The van der Waals surface area contributed by atoms with Crippen LogP contribution in [-0.4, -0.2) is 9.91 Å². The van der Waals surface area contributed by atoms with Gasteiger partial charge in [-0.25, -0.2) is 0 Å². The number of non-ortho nitro benzene ring substituents is 1. The predicted molar refractivity (Wildman–Crippen MR) is 86.4 cm³/mol. The first-order valence-electron chi connectivity index (χ1n) is 6.37. The van der Waals surface area contributed by atoms with Crippen molar-refractivity contribution in [2.24, 2.45) is 0 Å². The zero-order valence-electron chi connectivity index (χ0n) is 11.0. The molecule has 1 aromatic heterocycles. The number of aromatic amines is 1. The highest BCUT2D eigenvalue weighted by Gasteiger charge is 2.08. The Morgan fingerprint density at radius 2 is 2.05 bits per heavy atom. The number of nitro benzene ring substituents is 1. The maximum atomic E-state index is 10.7. The number of hydrogen-bond acceptors (Lipinski definition) is 3. The fraction of sp³-hybridized carbons (Fsp3) is 0.0667. The number of nitrogens with zero attached hydrogens (tertiary/aromatic N) is 1. The Morgan fingerprint density at radius 3 is 2.81 bits per heavy atom. The fourth-order valence-corrected chi connectivity index (χ4v) is 2.68.